The Morgan fingerprint density at radius 1 is 1.00 bits per heavy atom. The molecule has 1 heterocycles. The molecule has 0 aromatic carbocycles. The average Bonchev–Trinajstić information content (AvgIpc) is 2.31. The first-order chi connectivity index (χ1) is 9.40. The molecule has 1 aliphatic rings. The number of hydrogen-bond acceptors (Lipinski definition) is 2. The molecule has 0 amide bonds. The van der Waals surface area contributed by atoms with Gasteiger partial charge in [0.1, 0.15) is 0 Å². The number of unbranched alkanes of at least 4 members (excludes halogenated alkanes) is 1. The topological polar surface area (TPSA) is 22.1 Å². The third-order valence-electron chi connectivity index (χ3n) is 3.88. The molecule has 0 spiro atoms. The summed E-state index contributed by atoms with van der Waals surface area (Å²) in [6.45, 7) is 9.51. The lowest BCUT2D eigenvalue weighted by Gasteiger charge is -2.34. The van der Waals surface area contributed by atoms with Crippen LogP contribution in [-0.4, -0.2) is 75.0 Å². The largest absolute Gasteiger partial charge is 0.349 e. The second-order valence-corrected chi connectivity index (χ2v) is 6.88. The molecule has 0 radical (unpaired) electrons. The van der Waals surface area contributed by atoms with Gasteiger partial charge in [-0.25, -0.2) is 0 Å². The molecule has 4 nitrogen and oxygen atoms in total. The minimum Gasteiger partial charge on any atom is -0.349 e. The fourth-order valence-corrected chi connectivity index (χ4v) is 3.28. The highest BCUT2D eigenvalue weighted by atomic mass is 127. The van der Waals surface area contributed by atoms with E-state index in [1.807, 2.05) is 0 Å². The summed E-state index contributed by atoms with van der Waals surface area (Å²) < 4.78 is 0. The van der Waals surface area contributed by atoms with Crippen LogP contribution in [0, 0.1) is 11.8 Å². The zero-order chi connectivity index (χ0) is 15.1. The van der Waals surface area contributed by atoms with Gasteiger partial charge in [0.2, 0.25) is 0 Å². The molecule has 1 rings (SSSR count). The van der Waals surface area contributed by atoms with Crippen molar-refractivity contribution in [1.29, 1.82) is 0 Å². The highest BCUT2D eigenvalue weighted by molar-refractivity contribution is 14.0. The summed E-state index contributed by atoms with van der Waals surface area (Å²) >= 11 is 0. The molecule has 0 bridgehead atoms. The van der Waals surface area contributed by atoms with Gasteiger partial charge in [-0.2, -0.15) is 0 Å². The monoisotopic (exact) mass is 410 g/mol. The van der Waals surface area contributed by atoms with Crippen molar-refractivity contribution in [3.63, 3.8) is 0 Å². The molecule has 0 aromatic heterocycles. The number of halogens is 1. The Balaban J connectivity index is 0.00000400. The van der Waals surface area contributed by atoms with E-state index in [9.17, 15) is 0 Å². The predicted molar refractivity (Wildman–Crippen MR) is 104 cm³/mol. The van der Waals surface area contributed by atoms with Crippen LogP contribution in [0.15, 0.2) is 4.99 Å². The minimum absolute atomic E-state index is 0. The van der Waals surface area contributed by atoms with Crippen molar-refractivity contribution in [1.82, 2.24) is 14.7 Å². The molecule has 0 aromatic rings. The van der Waals surface area contributed by atoms with Crippen LogP contribution in [0.4, 0.5) is 0 Å². The molecule has 2 unspecified atom stereocenters. The van der Waals surface area contributed by atoms with E-state index in [1.54, 1.807) is 0 Å². The van der Waals surface area contributed by atoms with E-state index >= 15 is 0 Å². The van der Waals surface area contributed by atoms with Gasteiger partial charge in [-0.3, -0.25) is 4.99 Å². The van der Waals surface area contributed by atoms with Crippen LogP contribution in [0.5, 0.6) is 0 Å². The van der Waals surface area contributed by atoms with Crippen molar-refractivity contribution in [2.75, 3.05) is 54.4 Å². The van der Waals surface area contributed by atoms with Crippen molar-refractivity contribution >= 4 is 29.9 Å². The van der Waals surface area contributed by atoms with Gasteiger partial charge in [-0.15, -0.1) is 24.0 Å². The van der Waals surface area contributed by atoms with Gasteiger partial charge < -0.3 is 14.7 Å². The van der Waals surface area contributed by atoms with E-state index in [2.05, 4.69) is 61.7 Å². The summed E-state index contributed by atoms with van der Waals surface area (Å²) in [6.07, 6.45) is 3.84. The first kappa shape index (κ1) is 21.0. The summed E-state index contributed by atoms with van der Waals surface area (Å²) in [6, 6.07) is 0. The molecule has 0 saturated carbocycles. The zero-order valence-corrected chi connectivity index (χ0v) is 17.1. The molecular formula is C16H35IN4. The van der Waals surface area contributed by atoms with Crippen LogP contribution in [0.1, 0.15) is 33.1 Å². The van der Waals surface area contributed by atoms with Crippen LogP contribution < -0.4 is 0 Å². The van der Waals surface area contributed by atoms with Crippen LogP contribution in [0.3, 0.4) is 0 Å². The van der Waals surface area contributed by atoms with E-state index in [-0.39, 0.29) is 24.0 Å². The van der Waals surface area contributed by atoms with E-state index in [0.717, 1.165) is 24.3 Å². The molecule has 126 valence electrons. The third kappa shape index (κ3) is 8.24. The summed E-state index contributed by atoms with van der Waals surface area (Å²) in [7, 11) is 8.20. The van der Waals surface area contributed by atoms with Crippen molar-refractivity contribution in [3.05, 3.63) is 0 Å². The Bertz CT molecular complexity index is 285. The van der Waals surface area contributed by atoms with Crippen LogP contribution in [-0.2, 0) is 0 Å². The fraction of sp³-hybridized carbons (Fsp3) is 0.938. The lowest BCUT2D eigenvalue weighted by atomic mass is 9.92. The Morgan fingerprint density at radius 2 is 1.52 bits per heavy atom. The Hall–Kier alpha value is -0.0400. The Morgan fingerprint density at radius 3 is 2.00 bits per heavy atom. The number of aliphatic imine (C=N–C) groups is 1. The second-order valence-electron chi connectivity index (χ2n) is 6.88. The number of likely N-dealkylation sites (tertiary alicyclic amines) is 1. The van der Waals surface area contributed by atoms with Crippen molar-refractivity contribution in [2.45, 2.75) is 33.1 Å². The van der Waals surface area contributed by atoms with Crippen LogP contribution >= 0.6 is 24.0 Å². The van der Waals surface area contributed by atoms with Crippen LogP contribution in [0.2, 0.25) is 0 Å². The first-order valence-corrected chi connectivity index (χ1v) is 8.01. The zero-order valence-electron chi connectivity index (χ0n) is 14.8. The quantitative estimate of drug-likeness (QED) is 0.301. The first-order valence-electron chi connectivity index (χ1n) is 8.01. The maximum atomic E-state index is 4.69. The Labute approximate surface area is 149 Å². The van der Waals surface area contributed by atoms with Gasteiger partial charge in [0.15, 0.2) is 5.96 Å². The number of rotatable bonds is 5. The SMILES string of the molecule is CC1CC(C)CN(CCCCN=C(N(C)C)N(C)C)C1.I. The van der Waals surface area contributed by atoms with Crippen LogP contribution in [0.25, 0.3) is 0 Å². The molecule has 1 fully saturated rings. The van der Waals surface area contributed by atoms with E-state index in [0.29, 0.717) is 0 Å². The molecular weight excluding hydrogens is 375 g/mol. The van der Waals surface area contributed by atoms with Gasteiger partial charge >= 0.3 is 0 Å². The minimum atomic E-state index is 0. The number of hydrogen-bond donors (Lipinski definition) is 0. The smallest absolute Gasteiger partial charge is 0.195 e. The molecule has 21 heavy (non-hydrogen) atoms. The summed E-state index contributed by atoms with van der Waals surface area (Å²) in [5.41, 5.74) is 0. The fourth-order valence-electron chi connectivity index (χ4n) is 3.28. The molecule has 1 saturated heterocycles. The number of piperidine rings is 1. The van der Waals surface area contributed by atoms with Gasteiger partial charge in [-0.05, 0) is 37.6 Å². The molecule has 1 aliphatic heterocycles. The van der Waals surface area contributed by atoms with E-state index < -0.39 is 0 Å². The van der Waals surface area contributed by atoms with E-state index in [1.165, 1.54) is 38.9 Å². The standard InChI is InChI=1S/C16H34N4.HI/c1-14-11-15(2)13-20(12-14)10-8-7-9-17-16(18(3)4)19(5)6;/h14-15H,7-13H2,1-6H3;1H. The molecule has 2 atom stereocenters. The lowest BCUT2D eigenvalue weighted by Crippen LogP contribution is -2.39. The van der Waals surface area contributed by atoms with Crippen molar-refractivity contribution in [3.8, 4) is 0 Å². The second kappa shape index (κ2) is 10.6. The average molecular weight is 410 g/mol. The number of guanidine groups is 1. The summed E-state index contributed by atoms with van der Waals surface area (Å²) in [5.74, 6) is 2.79. The summed E-state index contributed by atoms with van der Waals surface area (Å²) in [4.78, 5) is 11.5. The lowest BCUT2D eigenvalue weighted by molar-refractivity contribution is 0.139. The van der Waals surface area contributed by atoms with Gasteiger partial charge in [0, 0.05) is 47.8 Å². The van der Waals surface area contributed by atoms with Crippen molar-refractivity contribution in [2.24, 2.45) is 16.8 Å². The molecule has 0 aliphatic carbocycles. The highest BCUT2D eigenvalue weighted by Gasteiger charge is 2.20. The number of nitrogens with zero attached hydrogens (tertiary/aromatic N) is 4. The third-order valence-corrected chi connectivity index (χ3v) is 3.88. The van der Waals surface area contributed by atoms with Gasteiger partial charge in [0.25, 0.3) is 0 Å². The predicted octanol–water partition coefficient (Wildman–Crippen LogP) is 2.84. The van der Waals surface area contributed by atoms with Crippen molar-refractivity contribution < 1.29 is 0 Å². The maximum absolute atomic E-state index is 4.69. The van der Waals surface area contributed by atoms with E-state index in [4.69, 9.17) is 0 Å². The highest BCUT2D eigenvalue weighted by Crippen LogP contribution is 2.20. The Kier molecular flexibility index (Phi) is 10.6. The summed E-state index contributed by atoms with van der Waals surface area (Å²) in [5, 5.41) is 0. The van der Waals surface area contributed by atoms with Gasteiger partial charge in [-0.1, -0.05) is 13.8 Å². The molecule has 0 N–H and O–H groups in total. The normalized spacial score (nSPS) is 22.4. The van der Waals surface area contributed by atoms with Gasteiger partial charge in [0.05, 0.1) is 0 Å². The maximum Gasteiger partial charge on any atom is 0.195 e. The molecule has 5 heteroatoms.